The minimum Gasteiger partial charge on any atom is -0.508 e. The van der Waals surface area contributed by atoms with E-state index in [0.29, 0.717) is 5.89 Å². The van der Waals surface area contributed by atoms with Gasteiger partial charge in [0.25, 0.3) is 0 Å². The normalized spacial score (nSPS) is 11.1. The number of aromatic nitrogens is 1. The van der Waals surface area contributed by atoms with E-state index in [1.54, 1.807) is 12.1 Å². The zero-order valence-electron chi connectivity index (χ0n) is 11.7. The molecule has 0 spiro atoms. The predicted molar refractivity (Wildman–Crippen MR) is 79.9 cm³/mol. The van der Waals surface area contributed by atoms with Gasteiger partial charge in [0.05, 0.1) is 0 Å². The molecule has 3 aromatic rings. The van der Waals surface area contributed by atoms with Gasteiger partial charge in [-0.05, 0) is 48.2 Å². The molecule has 0 amide bonds. The first-order chi connectivity index (χ1) is 9.72. The van der Waals surface area contributed by atoms with E-state index in [9.17, 15) is 5.11 Å². The number of hydrogen-bond acceptors (Lipinski definition) is 3. The number of fused-ring (bicyclic) bond motifs is 1. The standard InChI is InChI=1S/C17H17NO2/c1-3-11-6-5-7-15-16(11)20-17(18-15)14-9-8-13(19)10-12(14)4-2/h5-10,19H,3-4H2,1-2H3. The van der Waals surface area contributed by atoms with Crippen LogP contribution in [-0.4, -0.2) is 10.1 Å². The predicted octanol–water partition coefficient (Wildman–Crippen LogP) is 4.33. The van der Waals surface area contributed by atoms with Gasteiger partial charge in [-0.2, -0.15) is 0 Å². The maximum atomic E-state index is 9.59. The van der Waals surface area contributed by atoms with Gasteiger partial charge >= 0.3 is 0 Å². The molecule has 1 N–H and O–H groups in total. The van der Waals surface area contributed by atoms with E-state index >= 15 is 0 Å². The summed E-state index contributed by atoms with van der Waals surface area (Å²) in [5, 5.41) is 9.59. The Bertz CT molecular complexity index is 759. The van der Waals surface area contributed by atoms with Crippen molar-refractivity contribution in [1.82, 2.24) is 4.98 Å². The van der Waals surface area contributed by atoms with Crippen LogP contribution in [0.5, 0.6) is 5.75 Å². The maximum absolute atomic E-state index is 9.59. The summed E-state index contributed by atoms with van der Waals surface area (Å²) in [4.78, 5) is 4.58. The monoisotopic (exact) mass is 267 g/mol. The molecule has 0 radical (unpaired) electrons. The van der Waals surface area contributed by atoms with E-state index in [2.05, 4.69) is 24.9 Å². The van der Waals surface area contributed by atoms with Crippen LogP contribution in [0.25, 0.3) is 22.6 Å². The molecule has 3 nitrogen and oxygen atoms in total. The third kappa shape index (κ3) is 2.05. The summed E-state index contributed by atoms with van der Waals surface area (Å²) in [5.41, 5.74) is 4.89. The van der Waals surface area contributed by atoms with Gasteiger partial charge in [0, 0.05) is 5.56 Å². The molecule has 0 atom stereocenters. The largest absolute Gasteiger partial charge is 0.508 e. The van der Waals surface area contributed by atoms with Gasteiger partial charge in [0.15, 0.2) is 5.58 Å². The van der Waals surface area contributed by atoms with Crippen LogP contribution in [0, 0.1) is 0 Å². The van der Waals surface area contributed by atoms with Crippen LogP contribution in [0.3, 0.4) is 0 Å². The number of benzene rings is 2. The number of phenols is 1. The van der Waals surface area contributed by atoms with Gasteiger partial charge in [-0.1, -0.05) is 26.0 Å². The lowest BCUT2D eigenvalue weighted by Crippen LogP contribution is -1.87. The third-order valence-corrected chi connectivity index (χ3v) is 3.58. The molecule has 0 fully saturated rings. The van der Waals surface area contributed by atoms with Crippen molar-refractivity contribution in [2.75, 3.05) is 0 Å². The minimum absolute atomic E-state index is 0.274. The van der Waals surface area contributed by atoms with Crippen LogP contribution in [0.15, 0.2) is 40.8 Å². The number of aryl methyl sites for hydroxylation is 2. The van der Waals surface area contributed by atoms with E-state index in [0.717, 1.165) is 40.6 Å². The highest BCUT2D eigenvalue weighted by atomic mass is 16.3. The van der Waals surface area contributed by atoms with Gasteiger partial charge in [-0.15, -0.1) is 0 Å². The quantitative estimate of drug-likeness (QED) is 0.768. The average Bonchev–Trinajstić information content (AvgIpc) is 2.90. The molecule has 0 aliphatic carbocycles. The summed E-state index contributed by atoms with van der Waals surface area (Å²) in [6.45, 7) is 4.16. The lowest BCUT2D eigenvalue weighted by Gasteiger charge is -2.04. The van der Waals surface area contributed by atoms with Crippen LogP contribution < -0.4 is 0 Å². The molecule has 1 aromatic heterocycles. The highest BCUT2D eigenvalue weighted by molar-refractivity contribution is 5.80. The molecule has 0 aliphatic heterocycles. The maximum Gasteiger partial charge on any atom is 0.227 e. The second-order valence-corrected chi connectivity index (χ2v) is 4.83. The molecule has 0 aliphatic rings. The SMILES string of the molecule is CCc1cc(O)ccc1-c1nc2cccc(CC)c2o1. The van der Waals surface area contributed by atoms with Crippen molar-refractivity contribution >= 4 is 11.1 Å². The Labute approximate surface area is 117 Å². The Hall–Kier alpha value is -2.29. The number of hydrogen-bond donors (Lipinski definition) is 1. The Morgan fingerprint density at radius 3 is 2.60 bits per heavy atom. The van der Waals surface area contributed by atoms with Crippen molar-refractivity contribution in [3.05, 3.63) is 47.5 Å². The average molecular weight is 267 g/mol. The summed E-state index contributed by atoms with van der Waals surface area (Å²) in [7, 11) is 0. The number of aromatic hydroxyl groups is 1. The van der Waals surface area contributed by atoms with Gasteiger partial charge in [-0.3, -0.25) is 0 Å². The Morgan fingerprint density at radius 2 is 1.85 bits per heavy atom. The van der Waals surface area contributed by atoms with Crippen molar-refractivity contribution in [2.45, 2.75) is 26.7 Å². The van der Waals surface area contributed by atoms with Crippen LogP contribution in [0.1, 0.15) is 25.0 Å². The molecule has 0 unspecified atom stereocenters. The van der Waals surface area contributed by atoms with Crippen molar-refractivity contribution in [1.29, 1.82) is 0 Å². The second kappa shape index (κ2) is 5.00. The Morgan fingerprint density at radius 1 is 1.05 bits per heavy atom. The number of para-hydroxylation sites is 1. The lowest BCUT2D eigenvalue weighted by atomic mass is 10.0. The number of phenolic OH excluding ortho intramolecular Hbond substituents is 1. The van der Waals surface area contributed by atoms with Crippen molar-refractivity contribution in [3.8, 4) is 17.2 Å². The van der Waals surface area contributed by atoms with E-state index in [1.165, 1.54) is 0 Å². The van der Waals surface area contributed by atoms with E-state index in [-0.39, 0.29) is 5.75 Å². The summed E-state index contributed by atoms with van der Waals surface area (Å²) in [6.07, 6.45) is 1.74. The zero-order chi connectivity index (χ0) is 14.1. The molecule has 102 valence electrons. The van der Waals surface area contributed by atoms with Gasteiger partial charge < -0.3 is 9.52 Å². The Balaban J connectivity index is 2.20. The van der Waals surface area contributed by atoms with Crippen LogP contribution >= 0.6 is 0 Å². The first kappa shape index (κ1) is 12.7. The zero-order valence-corrected chi connectivity index (χ0v) is 11.7. The number of nitrogens with zero attached hydrogens (tertiary/aromatic N) is 1. The fourth-order valence-corrected chi connectivity index (χ4v) is 2.48. The van der Waals surface area contributed by atoms with Gasteiger partial charge in [0.1, 0.15) is 11.3 Å². The molecule has 0 bridgehead atoms. The smallest absolute Gasteiger partial charge is 0.227 e. The van der Waals surface area contributed by atoms with E-state index in [1.807, 2.05) is 18.2 Å². The number of rotatable bonds is 3. The molecule has 20 heavy (non-hydrogen) atoms. The third-order valence-electron chi connectivity index (χ3n) is 3.58. The fraction of sp³-hybridized carbons (Fsp3) is 0.235. The van der Waals surface area contributed by atoms with Crippen LogP contribution in [-0.2, 0) is 12.8 Å². The molecule has 3 heteroatoms. The van der Waals surface area contributed by atoms with E-state index < -0.39 is 0 Å². The summed E-state index contributed by atoms with van der Waals surface area (Å²) in [5.74, 6) is 0.897. The fourth-order valence-electron chi connectivity index (χ4n) is 2.48. The lowest BCUT2D eigenvalue weighted by molar-refractivity contribution is 0.474. The number of oxazole rings is 1. The molecule has 2 aromatic carbocycles. The van der Waals surface area contributed by atoms with Crippen molar-refractivity contribution in [2.24, 2.45) is 0 Å². The van der Waals surface area contributed by atoms with Gasteiger partial charge in [0.2, 0.25) is 5.89 Å². The second-order valence-electron chi connectivity index (χ2n) is 4.83. The molecule has 3 rings (SSSR count). The van der Waals surface area contributed by atoms with Crippen LogP contribution in [0.2, 0.25) is 0 Å². The summed E-state index contributed by atoms with van der Waals surface area (Å²) >= 11 is 0. The van der Waals surface area contributed by atoms with Gasteiger partial charge in [-0.25, -0.2) is 4.98 Å². The molecular formula is C17H17NO2. The Kier molecular flexibility index (Phi) is 3.18. The highest BCUT2D eigenvalue weighted by Gasteiger charge is 2.13. The van der Waals surface area contributed by atoms with Crippen molar-refractivity contribution in [3.63, 3.8) is 0 Å². The molecule has 0 saturated heterocycles. The molecule has 0 saturated carbocycles. The first-order valence-electron chi connectivity index (χ1n) is 6.93. The molecule has 1 heterocycles. The summed E-state index contributed by atoms with van der Waals surface area (Å²) in [6, 6.07) is 11.3. The molecular weight excluding hydrogens is 250 g/mol. The topological polar surface area (TPSA) is 46.3 Å². The summed E-state index contributed by atoms with van der Waals surface area (Å²) < 4.78 is 5.97. The first-order valence-corrected chi connectivity index (χ1v) is 6.93. The highest BCUT2D eigenvalue weighted by Crippen LogP contribution is 2.30. The van der Waals surface area contributed by atoms with E-state index in [4.69, 9.17) is 4.42 Å². The minimum atomic E-state index is 0.274. The van der Waals surface area contributed by atoms with Crippen LogP contribution in [0.4, 0.5) is 0 Å². The van der Waals surface area contributed by atoms with Crippen molar-refractivity contribution < 1.29 is 9.52 Å².